The molecule has 0 heterocycles. The van der Waals surface area contributed by atoms with Crippen molar-refractivity contribution in [3.63, 3.8) is 0 Å². The van der Waals surface area contributed by atoms with Crippen LogP contribution in [0.3, 0.4) is 0 Å². The van der Waals surface area contributed by atoms with Crippen LogP contribution in [0.2, 0.25) is 10.0 Å². The summed E-state index contributed by atoms with van der Waals surface area (Å²) in [5, 5.41) is 1.05. The van der Waals surface area contributed by atoms with E-state index >= 15 is 0 Å². The van der Waals surface area contributed by atoms with E-state index in [2.05, 4.69) is 0 Å². The van der Waals surface area contributed by atoms with Gasteiger partial charge in [-0.1, -0.05) is 0 Å². The average Bonchev–Trinajstić information content (AvgIpc) is 2.07. The van der Waals surface area contributed by atoms with Crippen LogP contribution in [0, 0.1) is 0 Å². The molecule has 0 radical (unpaired) electrons. The summed E-state index contributed by atoms with van der Waals surface area (Å²) in [6.07, 6.45) is 0. The number of hydrogen-bond donors (Lipinski definition) is 0. The van der Waals surface area contributed by atoms with Crippen LogP contribution in [0.15, 0.2) is 18.2 Å². The summed E-state index contributed by atoms with van der Waals surface area (Å²) in [6.45, 7) is 1.41. The fourth-order valence-electron chi connectivity index (χ4n) is 0.814. The molecule has 0 atom stereocenters. The van der Waals surface area contributed by atoms with Gasteiger partial charge in [0.25, 0.3) is 0 Å². The van der Waals surface area contributed by atoms with Gasteiger partial charge in [-0.15, -0.1) is 0 Å². The average molecular weight is 406 g/mol. The van der Waals surface area contributed by atoms with Gasteiger partial charge >= 0.3 is 99.9 Å². The first-order valence-electron chi connectivity index (χ1n) is 3.67. The Hall–Kier alpha value is 0.205. The van der Waals surface area contributed by atoms with Gasteiger partial charge in [0, 0.05) is 0 Å². The molecule has 0 aliphatic carbocycles. The molecule has 66 valence electrons. The second-order valence-electron chi connectivity index (χ2n) is 2.53. The van der Waals surface area contributed by atoms with Gasteiger partial charge in [-0.2, -0.15) is 0 Å². The summed E-state index contributed by atoms with van der Waals surface area (Å²) in [7, 11) is 0. The Bertz CT molecular complexity index is 328. The van der Waals surface area contributed by atoms with Gasteiger partial charge in [-0.05, 0) is 0 Å². The predicted octanol–water partition coefficient (Wildman–Crippen LogP) is 2.18. The van der Waals surface area contributed by atoms with Crippen molar-refractivity contribution in [2.75, 3.05) is 0 Å². The molecule has 0 saturated heterocycles. The minimum atomic E-state index is -1.72. The Kier molecular flexibility index (Phi) is 4.49. The number of carbonyl (C=O) groups is 1. The maximum absolute atomic E-state index is 10.5. The van der Waals surface area contributed by atoms with Gasteiger partial charge in [0.05, 0.1) is 0 Å². The quantitative estimate of drug-likeness (QED) is 0.705. The zero-order chi connectivity index (χ0) is 9.84. The maximum atomic E-state index is 10.5. The summed E-state index contributed by atoms with van der Waals surface area (Å²) in [5.41, 5.74) is 0. The standard InChI is InChI=1S/C6H3Cl2.C2H4O2.Hg/c7-5-3-1-2-4-6(5)8;1-2(3)4;/h1,3-4H;1H3,(H,3,4);/q;;+1/p-1. The van der Waals surface area contributed by atoms with E-state index < -0.39 is 25.0 Å². The fourth-order valence-corrected chi connectivity index (χ4v) is 5.03. The Balaban J connectivity index is 2.68. The topological polar surface area (TPSA) is 26.3 Å². The number of benzene rings is 1. The molecule has 0 fully saturated rings. The van der Waals surface area contributed by atoms with Crippen molar-refractivity contribution in [1.29, 1.82) is 0 Å². The molecule has 2 nitrogen and oxygen atoms in total. The van der Waals surface area contributed by atoms with Crippen molar-refractivity contribution in [3.8, 4) is 0 Å². The van der Waals surface area contributed by atoms with Crippen molar-refractivity contribution in [2.45, 2.75) is 6.92 Å². The van der Waals surface area contributed by atoms with Crippen molar-refractivity contribution < 1.29 is 32.5 Å². The molecule has 0 unspecified atom stereocenters. The molecule has 0 saturated carbocycles. The third-order valence-electron chi connectivity index (χ3n) is 1.43. The van der Waals surface area contributed by atoms with Gasteiger partial charge in [0.15, 0.2) is 0 Å². The van der Waals surface area contributed by atoms with Crippen LogP contribution in [-0.2, 0) is 32.5 Å². The molecule has 0 N–H and O–H groups in total. The second-order valence-corrected chi connectivity index (χ2v) is 8.76. The Morgan fingerprint density at radius 3 is 2.62 bits per heavy atom. The zero-order valence-corrected chi connectivity index (χ0v) is 14.0. The molecular formula is C8H6Cl2HgO2. The molecule has 0 aromatic heterocycles. The van der Waals surface area contributed by atoms with E-state index in [1.807, 2.05) is 6.07 Å². The van der Waals surface area contributed by atoms with E-state index in [0.717, 1.165) is 3.07 Å². The van der Waals surface area contributed by atoms with Crippen LogP contribution in [0.4, 0.5) is 0 Å². The summed E-state index contributed by atoms with van der Waals surface area (Å²) in [6, 6.07) is 5.36. The number of halogens is 2. The monoisotopic (exact) mass is 406 g/mol. The molecule has 0 bridgehead atoms. The van der Waals surface area contributed by atoms with Crippen molar-refractivity contribution in [1.82, 2.24) is 0 Å². The Morgan fingerprint density at radius 1 is 1.38 bits per heavy atom. The molecular weight excluding hydrogens is 400 g/mol. The van der Waals surface area contributed by atoms with Crippen LogP contribution < -0.4 is 3.07 Å². The third kappa shape index (κ3) is 3.84. The van der Waals surface area contributed by atoms with Crippen LogP contribution in [-0.4, -0.2) is 5.97 Å². The van der Waals surface area contributed by atoms with Crippen molar-refractivity contribution in [2.24, 2.45) is 0 Å². The molecule has 5 heteroatoms. The van der Waals surface area contributed by atoms with Crippen LogP contribution in [0.5, 0.6) is 0 Å². The first-order chi connectivity index (χ1) is 6.09. The van der Waals surface area contributed by atoms with Gasteiger partial charge in [-0.25, -0.2) is 0 Å². The van der Waals surface area contributed by atoms with E-state index in [1.54, 1.807) is 12.1 Å². The van der Waals surface area contributed by atoms with Crippen molar-refractivity contribution in [3.05, 3.63) is 28.2 Å². The Labute approximate surface area is 99.3 Å². The summed E-state index contributed by atoms with van der Waals surface area (Å²) < 4.78 is 6.05. The van der Waals surface area contributed by atoms with Crippen molar-refractivity contribution >= 4 is 32.2 Å². The summed E-state index contributed by atoms with van der Waals surface area (Å²) in [5.74, 6) is -0.215. The van der Waals surface area contributed by atoms with Gasteiger partial charge in [-0.3, -0.25) is 0 Å². The summed E-state index contributed by atoms with van der Waals surface area (Å²) in [4.78, 5) is 10.5. The molecule has 1 aromatic rings. The van der Waals surface area contributed by atoms with E-state index in [-0.39, 0.29) is 5.97 Å². The molecule has 1 aromatic carbocycles. The first kappa shape index (κ1) is 11.3. The van der Waals surface area contributed by atoms with Crippen LogP contribution in [0.25, 0.3) is 0 Å². The van der Waals surface area contributed by atoms with Gasteiger partial charge in [0.2, 0.25) is 0 Å². The Morgan fingerprint density at radius 2 is 2.08 bits per heavy atom. The van der Waals surface area contributed by atoms with Gasteiger partial charge in [0.1, 0.15) is 0 Å². The summed E-state index contributed by atoms with van der Waals surface area (Å²) >= 11 is 9.80. The normalized spacial score (nSPS) is 9.15. The zero-order valence-electron chi connectivity index (χ0n) is 7.01. The molecule has 0 spiro atoms. The number of carbonyl (C=O) groups excluding carboxylic acids is 1. The van der Waals surface area contributed by atoms with Gasteiger partial charge < -0.3 is 0 Å². The molecule has 1 rings (SSSR count). The van der Waals surface area contributed by atoms with E-state index in [1.165, 1.54) is 6.92 Å². The van der Waals surface area contributed by atoms with E-state index in [9.17, 15) is 4.79 Å². The molecule has 0 amide bonds. The van der Waals surface area contributed by atoms with E-state index in [4.69, 9.17) is 25.8 Å². The van der Waals surface area contributed by atoms with Crippen LogP contribution >= 0.6 is 23.2 Å². The SMILES string of the molecule is CC(=O)[O][Hg][c]1ccc(Cl)c(Cl)c1. The van der Waals surface area contributed by atoms with Crippen LogP contribution in [0.1, 0.15) is 6.92 Å². The number of rotatable bonds is 2. The molecule has 0 aliphatic rings. The third-order valence-corrected chi connectivity index (χ3v) is 7.31. The molecule has 13 heavy (non-hydrogen) atoms. The fraction of sp³-hybridized carbons (Fsp3) is 0.125. The number of hydrogen-bond acceptors (Lipinski definition) is 2. The predicted molar refractivity (Wildman–Crippen MR) is 47.9 cm³/mol. The molecule has 0 aliphatic heterocycles. The minimum absolute atomic E-state index is 0.215. The van der Waals surface area contributed by atoms with E-state index in [0.29, 0.717) is 10.0 Å². The second kappa shape index (κ2) is 5.18. The first-order valence-corrected chi connectivity index (χ1v) is 9.42.